The zero-order chi connectivity index (χ0) is 17.2. The van der Waals surface area contributed by atoms with Crippen molar-refractivity contribution in [2.45, 2.75) is 39.3 Å². The fraction of sp³-hybridized carbons (Fsp3) is 0.667. The van der Waals surface area contributed by atoms with E-state index in [1.54, 1.807) is 20.8 Å². The Labute approximate surface area is 135 Å². The van der Waals surface area contributed by atoms with Crippen LogP contribution in [0.15, 0.2) is 6.07 Å². The van der Waals surface area contributed by atoms with E-state index in [-0.39, 0.29) is 0 Å². The van der Waals surface area contributed by atoms with E-state index in [0.29, 0.717) is 19.6 Å². The van der Waals surface area contributed by atoms with Crippen LogP contribution in [-0.2, 0) is 14.3 Å². The third-order valence-electron chi connectivity index (χ3n) is 3.50. The van der Waals surface area contributed by atoms with Crippen molar-refractivity contribution in [3.8, 4) is 0 Å². The van der Waals surface area contributed by atoms with Crippen molar-refractivity contribution in [1.82, 2.24) is 15.1 Å². The van der Waals surface area contributed by atoms with Gasteiger partial charge in [0.2, 0.25) is 0 Å². The van der Waals surface area contributed by atoms with Gasteiger partial charge >= 0.3 is 12.1 Å². The van der Waals surface area contributed by atoms with Gasteiger partial charge in [-0.05, 0) is 27.7 Å². The summed E-state index contributed by atoms with van der Waals surface area (Å²) in [6.45, 7) is 8.53. The van der Waals surface area contributed by atoms with Crippen LogP contribution in [0.5, 0.6) is 0 Å². The normalized spacial score (nSPS) is 18.7. The number of methoxy groups -OCH3 is 1. The molecule has 8 nitrogen and oxygen atoms in total. The van der Waals surface area contributed by atoms with Crippen molar-refractivity contribution >= 4 is 17.9 Å². The first kappa shape index (κ1) is 17.1. The van der Waals surface area contributed by atoms with E-state index in [4.69, 9.17) is 9.47 Å². The summed E-state index contributed by atoms with van der Waals surface area (Å²) >= 11 is 0. The zero-order valence-electron chi connectivity index (χ0n) is 14.3. The number of nitrogens with zero attached hydrogens (tertiary/aromatic N) is 3. The lowest BCUT2D eigenvalue weighted by Gasteiger charge is -2.40. The highest BCUT2D eigenvalue weighted by Crippen LogP contribution is 2.20. The van der Waals surface area contributed by atoms with Crippen LogP contribution in [0.1, 0.15) is 26.5 Å². The molecule has 0 aliphatic carbocycles. The highest BCUT2D eigenvalue weighted by atomic mass is 16.6. The lowest BCUT2D eigenvalue weighted by Crippen LogP contribution is -2.59. The number of carbonyl (C=O) groups excluding carboxylic acids is 2. The molecule has 23 heavy (non-hydrogen) atoms. The zero-order valence-corrected chi connectivity index (χ0v) is 14.3. The number of hydrogen-bond acceptors (Lipinski definition) is 6. The minimum Gasteiger partial charge on any atom is -0.467 e. The molecule has 1 fully saturated rings. The average Bonchev–Trinajstić information content (AvgIpc) is 2.90. The molecule has 8 heteroatoms. The van der Waals surface area contributed by atoms with Gasteiger partial charge in [0.1, 0.15) is 5.60 Å². The Hall–Kier alpha value is -2.25. The monoisotopic (exact) mass is 324 g/mol. The molecule has 0 aromatic carbocycles. The molecular weight excluding hydrogens is 300 g/mol. The van der Waals surface area contributed by atoms with E-state index in [2.05, 4.69) is 10.2 Å². The third kappa shape index (κ3) is 4.14. The van der Waals surface area contributed by atoms with Crippen molar-refractivity contribution in [3.05, 3.63) is 11.8 Å². The number of H-pyrrole nitrogens is 1. The first-order chi connectivity index (χ1) is 10.7. The van der Waals surface area contributed by atoms with Crippen LogP contribution in [0.25, 0.3) is 0 Å². The quantitative estimate of drug-likeness (QED) is 0.826. The number of amides is 1. The number of aromatic nitrogens is 2. The van der Waals surface area contributed by atoms with Gasteiger partial charge in [-0.15, -0.1) is 0 Å². The molecule has 1 unspecified atom stereocenters. The Morgan fingerprint density at radius 1 is 1.35 bits per heavy atom. The number of aromatic amines is 1. The highest BCUT2D eigenvalue weighted by molar-refractivity contribution is 5.82. The van der Waals surface area contributed by atoms with Crippen LogP contribution < -0.4 is 4.90 Å². The maximum absolute atomic E-state index is 12.3. The topological polar surface area (TPSA) is 87.8 Å². The van der Waals surface area contributed by atoms with Crippen molar-refractivity contribution in [3.63, 3.8) is 0 Å². The smallest absolute Gasteiger partial charge is 0.411 e. The van der Waals surface area contributed by atoms with E-state index in [1.165, 1.54) is 12.0 Å². The Bertz CT molecular complexity index is 578. The van der Waals surface area contributed by atoms with Crippen LogP contribution in [-0.4, -0.2) is 65.5 Å². The van der Waals surface area contributed by atoms with E-state index >= 15 is 0 Å². The molecule has 1 aromatic heterocycles. The molecule has 1 aliphatic rings. The lowest BCUT2D eigenvalue weighted by atomic mass is 10.1. The molecule has 128 valence electrons. The fourth-order valence-electron chi connectivity index (χ4n) is 2.43. The minimum absolute atomic E-state index is 0.316. The van der Waals surface area contributed by atoms with Gasteiger partial charge in [0.05, 0.1) is 13.7 Å². The second-order valence-corrected chi connectivity index (χ2v) is 6.57. The largest absolute Gasteiger partial charge is 0.467 e. The van der Waals surface area contributed by atoms with Crippen molar-refractivity contribution in [2.24, 2.45) is 0 Å². The molecule has 0 saturated carbocycles. The predicted octanol–water partition coefficient (Wildman–Crippen LogP) is 1.32. The summed E-state index contributed by atoms with van der Waals surface area (Å²) in [7, 11) is 1.31. The van der Waals surface area contributed by atoms with Gasteiger partial charge < -0.3 is 14.4 Å². The van der Waals surface area contributed by atoms with Crippen LogP contribution in [0, 0.1) is 6.92 Å². The van der Waals surface area contributed by atoms with Crippen LogP contribution in [0.3, 0.4) is 0 Å². The van der Waals surface area contributed by atoms with Gasteiger partial charge in [0.15, 0.2) is 11.9 Å². The SMILES string of the molecule is COC(=O)C1CN(c2cc(C)[nH]n2)CCN1C(=O)OC(C)(C)C. The van der Waals surface area contributed by atoms with Crippen LogP contribution in [0.2, 0.25) is 0 Å². The van der Waals surface area contributed by atoms with Crippen LogP contribution in [0.4, 0.5) is 10.6 Å². The fourth-order valence-corrected chi connectivity index (χ4v) is 2.43. The Morgan fingerprint density at radius 2 is 2.04 bits per heavy atom. The molecule has 1 saturated heterocycles. The van der Waals surface area contributed by atoms with Crippen LogP contribution >= 0.6 is 0 Å². The third-order valence-corrected chi connectivity index (χ3v) is 3.50. The number of hydrogen-bond donors (Lipinski definition) is 1. The molecule has 1 aromatic rings. The second kappa shape index (κ2) is 6.47. The maximum Gasteiger partial charge on any atom is 0.411 e. The molecule has 1 aliphatic heterocycles. The summed E-state index contributed by atoms with van der Waals surface area (Å²) in [5, 5.41) is 7.08. The molecule has 0 radical (unpaired) electrons. The number of esters is 1. The Balaban J connectivity index is 2.15. The standard InChI is InChI=1S/C15H24N4O4/c1-10-8-12(17-16-10)18-6-7-19(11(9-18)13(20)22-5)14(21)23-15(2,3)4/h8,11H,6-7,9H2,1-5H3,(H,16,17). The molecule has 1 atom stereocenters. The van der Waals surface area contributed by atoms with Gasteiger partial charge in [-0.2, -0.15) is 5.10 Å². The van der Waals surface area contributed by atoms with E-state index in [0.717, 1.165) is 11.5 Å². The van der Waals surface area contributed by atoms with Gasteiger partial charge in [0.25, 0.3) is 0 Å². The summed E-state index contributed by atoms with van der Waals surface area (Å²) in [5.41, 5.74) is 0.318. The summed E-state index contributed by atoms with van der Waals surface area (Å²) in [4.78, 5) is 27.8. The summed E-state index contributed by atoms with van der Waals surface area (Å²) in [6.07, 6.45) is -0.509. The minimum atomic E-state index is -0.722. The molecule has 0 bridgehead atoms. The van der Waals surface area contributed by atoms with E-state index in [1.807, 2.05) is 17.9 Å². The molecule has 2 heterocycles. The number of rotatable bonds is 2. The van der Waals surface area contributed by atoms with Crippen molar-refractivity contribution in [2.75, 3.05) is 31.6 Å². The Morgan fingerprint density at radius 3 is 2.57 bits per heavy atom. The molecule has 1 amide bonds. The number of carbonyl (C=O) groups is 2. The first-order valence-corrected chi connectivity index (χ1v) is 7.55. The van der Waals surface area contributed by atoms with E-state index < -0.39 is 23.7 Å². The molecule has 0 spiro atoms. The van der Waals surface area contributed by atoms with E-state index in [9.17, 15) is 9.59 Å². The maximum atomic E-state index is 12.3. The second-order valence-electron chi connectivity index (χ2n) is 6.57. The van der Waals surface area contributed by atoms with Gasteiger partial charge in [-0.25, -0.2) is 9.59 Å². The number of ether oxygens (including phenoxy) is 2. The molecule has 1 N–H and O–H groups in total. The average molecular weight is 324 g/mol. The summed E-state index contributed by atoms with van der Waals surface area (Å²) in [5.74, 6) is 0.285. The van der Waals surface area contributed by atoms with Crippen molar-refractivity contribution in [1.29, 1.82) is 0 Å². The first-order valence-electron chi connectivity index (χ1n) is 7.55. The highest BCUT2D eigenvalue weighted by Gasteiger charge is 2.38. The number of anilines is 1. The number of piperazine rings is 1. The predicted molar refractivity (Wildman–Crippen MR) is 84.3 cm³/mol. The number of nitrogens with one attached hydrogen (secondary N) is 1. The molecular formula is C15H24N4O4. The van der Waals surface area contributed by atoms with Gasteiger partial charge in [-0.1, -0.05) is 0 Å². The summed E-state index contributed by atoms with van der Waals surface area (Å²) < 4.78 is 10.2. The van der Waals surface area contributed by atoms with Crippen molar-refractivity contribution < 1.29 is 19.1 Å². The molecule has 2 rings (SSSR count). The van der Waals surface area contributed by atoms with Gasteiger partial charge in [-0.3, -0.25) is 10.00 Å². The number of aryl methyl sites for hydroxylation is 1. The van der Waals surface area contributed by atoms with Gasteiger partial charge in [0, 0.05) is 24.8 Å². The lowest BCUT2D eigenvalue weighted by molar-refractivity contribution is -0.147. The summed E-state index contributed by atoms with van der Waals surface area (Å²) in [6, 6.07) is 1.18. The Kier molecular flexibility index (Phi) is 4.82.